The van der Waals surface area contributed by atoms with Gasteiger partial charge in [0.15, 0.2) is 5.76 Å². The van der Waals surface area contributed by atoms with Crippen LogP contribution in [0.3, 0.4) is 0 Å². The summed E-state index contributed by atoms with van der Waals surface area (Å²) in [6, 6.07) is 9.08. The molecule has 1 aromatic heterocycles. The van der Waals surface area contributed by atoms with Crippen molar-refractivity contribution in [3.63, 3.8) is 0 Å². The van der Waals surface area contributed by atoms with Gasteiger partial charge in [0.2, 0.25) is 11.7 Å². The van der Waals surface area contributed by atoms with Crippen LogP contribution in [0.15, 0.2) is 42.3 Å². The van der Waals surface area contributed by atoms with Gasteiger partial charge in [0, 0.05) is 68.9 Å². The second kappa shape index (κ2) is 8.73. The van der Waals surface area contributed by atoms with Gasteiger partial charge in [-0.2, -0.15) is 0 Å². The Hall–Kier alpha value is -3.62. The normalized spacial score (nSPS) is 17.4. The average Bonchev–Trinajstić information content (AvgIpc) is 3.36. The van der Waals surface area contributed by atoms with Crippen LogP contribution in [0, 0.1) is 0 Å². The Kier molecular flexibility index (Phi) is 5.62. The summed E-state index contributed by atoms with van der Waals surface area (Å²) in [5.41, 5.74) is 3.81. The molecule has 5 rings (SSSR count). The highest BCUT2D eigenvalue weighted by atomic mass is 16.5. The number of rotatable bonds is 5. The minimum absolute atomic E-state index is 0.0888. The van der Waals surface area contributed by atoms with Crippen molar-refractivity contribution in [2.75, 3.05) is 26.2 Å². The van der Waals surface area contributed by atoms with Crippen molar-refractivity contribution in [2.24, 2.45) is 0 Å². The minimum atomic E-state index is -0.199. The molecule has 3 aromatic rings. The van der Waals surface area contributed by atoms with Crippen LogP contribution in [0.1, 0.15) is 34.0 Å². The third-order valence-electron chi connectivity index (χ3n) is 6.11. The number of aromatic hydroxyl groups is 1. The summed E-state index contributed by atoms with van der Waals surface area (Å²) in [7, 11) is 0. The van der Waals surface area contributed by atoms with Crippen LogP contribution in [-0.4, -0.2) is 52.9 Å². The topological polar surface area (TPSA) is 107 Å². The maximum absolute atomic E-state index is 13.1. The number of H-pyrrole nitrogens is 1. The lowest BCUT2D eigenvalue weighted by atomic mass is 10.0. The van der Waals surface area contributed by atoms with E-state index in [1.165, 1.54) is 6.92 Å². The van der Waals surface area contributed by atoms with E-state index < -0.39 is 0 Å². The number of hydrogen-bond acceptors (Lipinski definition) is 6. The number of aromatic amines is 1. The van der Waals surface area contributed by atoms with E-state index in [0.717, 1.165) is 48.2 Å². The molecule has 1 amide bonds. The number of nitrogens with one attached hydrogen (secondary N) is 3. The number of nitrogens with zero attached hydrogens (tertiary/aromatic N) is 1. The quantitative estimate of drug-likeness (QED) is 0.449. The summed E-state index contributed by atoms with van der Waals surface area (Å²) in [5, 5.41) is 17.6. The molecule has 8 heteroatoms. The van der Waals surface area contributed by atoms with E-state index in [9.17, 15) is 14.7 Å². The van der Waals surface area contributed by atoms with Gasteiger partial charge >= 0.3 is 0 Å². The second-order valence-corrected chi connectivity index (χ2v) is 8.44. The average molecular weight is 447 g/mol. The highest BCUT2D eigenvalue weighted by Crippen LogP contribution is 2.40. The number of phenolic OH excluding ortho intramolecular Hbond substituents is 1. The summed E-state index contributed by atoms with van der Waals surface area (Å²) in [6.07, 6.45) is 3.56. The van der Waals surface area contributed by atoms with Crippen molar-refractivity contribution < 1.29 is 19.4 Å². The van der Waals surface area contributed by atoms with E-state index in [1.54, 1.807) is 18.2 Å². The van der Waals surface area contributed by atoms with Crippen molar-refractivity contribution in [2.45, 2.75) is 20.0 Å². The van der Waals surface area contributed by atoms with Gasteiger partial charge in [-0.15, -0.1) is 0 Å². The fourth-order valence-electron chi connectivity index (χ4n) is 4.33. The Balaban J connectivity index is 1.45. The van der Waals surface area contributed by atoms with E-state index in [-0.39, 0.29) is 23.2 Å². The van der Waals surface area contributed by atoms with Crippen LogP contribution in [-0.2, 0) is 17.9 Å². The number of aromatic nitrogens is 1. The first-order valence-electron chi connectivity index (χ1n) is 11.1. The van der Waals surface area contributed by atoms with Gasteiger partial charge in [0.1, 0.15) is 11.5 Å². The molecule has 0 radical (unpaired) electrons. The second-order valence-electron chi connectivity index (χ2n) is 8.44. The fraction of sp³-hybridized carbons (Fsp3) is 0.280. The van der Waals surface area contributed by atoms with Gasteiger partial charge in [-0.1, -0.05) is 6.07 Å². The monoisotopic (exact) mass is 446 g/mol. The van der Waals surface area contributed by atoms with Crippen LogP contribution in [0.2, 0.25) is 0 Å². The van der Waals surface area contributed by atoms with Crippen LogP contribution < -0.4 is 15.4 Å². The fourth-order valence-corrected chi connectivity index (χ4v) is 4.33. The first-order chi connectivity index (χ1) is 16.0. The first-order valence-corrected chi connectivity index (χ1v) is 11.1. The Labute approximate surface area is 191 Å². The van der Waals surface area contributed by atoms with Crippen molar-refractivity contribution in [1.29, 1.82) is 0 Å². The molecule has 0 aliphatic carbocycles. The Morgan fingerprint density at radius 1 is 1.24 bits per heavy atom. The summed E-state index contributed by atoms with van der Waals surface area (Å²) in [6.45, 7) is 5.97. The summed E-state index contributed by atoms with van der Waals surface area (Å²) in [5.74, 6) is 0.516. The number of Topliss-reactive ketones (excluding diaryl/α,β-unsaturated/α-hetero) is 1. The summed E-state index contributed by atoms with van der Waals surface area (Å²) in [4.78, 5) is 29.8. The maximum Gasteiger partial charge on any atom is 0.231 e. The Morgan fingerprint density at radius 2 is 2.06 bits per heavy atom. The molecule has 33 heavy (non-hydrogen) atoms. The van der Waals surface area contributed by atoms with E-state index >= 15 is 0 Å². The van der Waals surface area contributed by atoms with E-state index in [0.29, 0.717) is 30.0 Å². The maximum atomic E-state index is 13.1. The molecule has 8 nitrogen and oxygen atoms in total. The number of fused-ring (bicyclic) bond motifs is 2. The number of amides is 1. The van der Waals surface area contributed by atoms with Crippen molar-refractivity contribution in [1.82, 2.24) is 20.5 Å². The van der Waals surface area contributed by atoms with Gasteiger partial charge in [-0.25, -0.2) is 0 Å². The number of ketones is 1. The molecular weight excluding hydrogens is 420 g/mol. The zero-order chi connectivity index (χ0) is 22.9. The van der Waals surface area contributed by atoms with E-state index in [2.05, 4.69) is 20.5 Å². The highest BCUT2D eigenvalue weighted by molar-refractivity contribution is 6.15. The van der Waals surface area contributed by atoms with E-state index in [1.807, 2.05) is 24.4 Å². The summed E-state index contributed by atoms with van der Waals surface area (Å²) >= 11 is 0. The molecule has 3 heterocycles. The minimum Gasteiger partial charge on any atom is -0.507 e. The van der Waals surface area contributed by atoms with Gasteiger partial charge < -0.3 is 25.5 Å². The van der Waals surface area contributed by atoms with Crippen molar-refractivity contribution >= 4 is 28.7 Å². The smallest absolute Gasteiger partial charge is 0.231 e. The lowest BCUT2D eigenvalue weighted by Gasteiger charge is -2.27. The molecule has 2 aliphatic rings. The molecule has 4 N–H and O–H groups in total. The Bertz CT molecular complexity index is 1270. The number of phenols is 1. The van der Waals surface area contributed by atoms with Crippen molar-refractivity contribution in [3.05, 3.63) is 64.5 Å². The van der Waals surface area contributed by atoms with Crippen LogP contribution in [0.25, 0.3) is 17.0 Å². The molecule has 1 saturated heterocycles. The molecule has 2 aliphatic heterocycles. The summed E-state index contributed by atoms with van der Waals surface area (Å²) < 4.78 is 6.04. The molecular formula is C25H26N4O4. The molecule has 0 bridgehead atoms. The van der Waals surface area contributed by atoms with Gasteiger partial charge in [0.25, 0.3) is 0 Å². The number of allylic oxidation sites excluding steroid dienone is 1. The number of ether oxygens (including phenoxy) is 1. The molecule has 170 valence electrons. The number of hydrogen-bond donors (Lipinski definition) is 4. The lowest BCUT2D eigenvalue weighted by Crippen LogP contribution is -2.42. The zero-order valence-corrected chi connectivity index (χ0v) is 18.4. The van der Waals surface area contributed by atoms with Crippen molar-refractivity contribution in [3.8, 4) is 11.5 Å². The van der Waals surface area contributed by atoms with Gasteiger partial charge in [0.05, 0.1) is 11.1 Å². The van der Waals surface area contributed by atoms with Crippen LogP contribution in [0.5, 0.6) is 11.5 Å². The molecule has 2 aromatic carbocycles. The van der Waals surface area contributed by atoms with E-state index in [4.69, 9.17) is 4.74 Å². The molecule has 0 unspecified atom stereocenters. The molecule has 0 atom stereocenters. The predicted octanol–water partition coefficient (Wildman–Crippen LogP) is 2.53. The molecule has 0 spiro atoms. The SMILES string of the molecule is CC(=O)NCc1ccc2[nH]cc(C=C3Oc4c(ccc(O)c4CN4CCNCC4)C3=O)c2c1. The molecule has 1 fully saturated rings. The molecule has 0 saturated carbocycles. The zero-order valence-electron chi connectivity index (χ0n) is 18.4. The largest absolute Gasteiger partial charge is 0.507 e. The third-order valence-corrected chi connectivity index (χ3v) is 6.11. The third kappa shape index (κ3) is 4.22. The lowest BCUT2D eigenvalue weighted by molar-refractivity contribution is -0.119. The highest BCUT2D eigenvalue weighted by Gasteiger charge is 2.32. The van der Waals surface area contributed by atoms with Gasteiger partial charge in [-0.05, 0) is 35.9 Å². The van der Waals surface area contributed by atoms with Gasteiger partial charge in [-0.3, -0.25) is 14.5 Å². The number of carbonyl (C=O) groups is 2. The predicted molar refractivity (Wildman–Crippen MR) is 125 cm³/mol. The standard InChI is InChI=1S/C25H26N4O4/c1-15(30)27-12-16-2-4-21-19(10-16)17(13-28-21)11-23-24(32)18-3-5-22(31)20(25(18)33-23)14-29-8-6-26-7-9-29/h2-5,10-11,13,26,28,31H,6-9,12,14H2,1H3,(H,27,30). The number of benzene rings is 2. The number of carbonyl (C=O) groups excluding carboxylic acids is 2. The number of piperazine rings is 1. The first kappa shape index (κ1) is 21.2. The van der Waals surface area contributed by atoms with Crippen LogP contribution >= 0.6 is 0 Å². The Morgan fingerprint density at radius 3 is 2.85 bits per heavy atom. The van der Waals surface area contributed by atoms with Crippen LogP contribution in [0.4, 0.5) is 0 Å².